The second-order valence-corrected chi connectivity index (χ2v) is 4.20. The molecule has 0 aliphatic carbocycles. The van der Waals surface area contributed by atoms with Crippen LogP contribution in [-0.2, 0) is 12.1 Å². The van der Waals surface area contributed by atoms with E-state index in [0.717, 1.165) is 11.1 Å². The van der Waals surface area contributed by atoms with E-state index < -0.39 is 5.60 Å². The van der Waals surface area contributed by atoms with Crippen molar-refractivity contribution < 1.29 is 5.11 Å². The molecule has 14 heavy (non-hydrogen) atoms. The Balaban J connectivity index is 2.97. The van der Waals surface area contributed by atoms with Gasteiger partial charge < -0.3 is 10.8 Å². The quantitative estimate of drug-likeness (QED) is 0.771. The number of hydrogen-bond donors (Lipinski definition) is 2. The van der Waals surface area contributed by atoms with E-state index in [4.69, 9.17) is 5.73 Å². The third kappa shape index (κ3) is 2.14. The number of rotatable bonds is 3. The van der Waals surface area contributed by atoms with Gasteiger partial charge in [0.05, 0.1) is 5.60 Å². The van der Waals surface area contributed by atoms with Crippen molar-refractivity contribution in [3.05, 3.63) is 35.4 Å². The molecule has 0 aliphatic rings. The molecule has 0 saturated heterocycles. The number of nitrogens with two attached hydrogens (primary N) is 1. The van der Waals surface area contributed by atoms with Gasteiger partial charge in [-0.1, -0.05) is 38.1 Å². The van der Waals surface area contributed by atoms with Crippen LogP contribution in [0.1, 0.15) is 31.9 Å². The Morgan fingerprint density at radius 2 is 1.79 bits per heavy atom. The topological polar surface area (TPSA) is 46.2 Å². The van der Waals surface area contributed by atoms with Crippen LogP contribution in [0.25, 0.3) is 0 Å². The Labute approximate surface area is 85.8 Å². The Bertz CT molecular complexity index is 288. The zero-order valence-corrected chi connectivity index (χ0v) is 9.12. The summed E-state index contributed by atoms with van der Waals surface area (Å²) in [6.07, 6.45) is 0. The monoisotopic (exact) mass is 193 g/mol. The summed E-state index contributed by atoms with van der Waals surface area (Å²) in [6, 6.07) is 7.82. The molecule has 1 aromatic rings. The predicted molar refractivity (Wildman–Crippen MR) is 58.7 cm³/mol. The van der Waals surface area contributed by atoms with E-state index in [2.05, 4.69) is 0 Å². The van der Waals surface area contributed by atoms with Crippen LogP contribution in [0.3, 0.4) is 0 Å². The zero-order valence-electron chi connectivity index (χ0n) is 9.12. The summed E-state index contributed by atoms with van der Waals surface area (Å²) in [7, 11) is 0. The summed E-state index contributed by atoms with van der Waals surface area (Å²) < 4.78 is 0. The van der Waals surface area contributed by atoms with Crippen molar-refractivity contribution in [3.8, 4) is 0 Å². The molecule has 0 spiro atoms. The Morgan fingerprint density at radius 3 is 2.14 bits per heavy atom. The normalized spacial score (nSPS) is 15.6. The maximum absolute atomic E-state index is 10.2. The molecule has 1 rings (SSSR count). The lowest BCUT2D eigenvalue weighted by atomic mass is 9.85. The van der Waals surface area contributed by atoms with Crippen LogP contribution in [0.2, 0.25) is 0 Å². The van der Waals surface area contributed by atoms with E-state index in [0.29, 0.717) is 6.54 Å². The molecule has 2 nitrogen and oxygen atoms in total. The summed E-state index contributed by atoms with van der Waals surface area (Å²) in [6.45, 7) is 6.41. The Hall–Kier alpha value is -0.860. The van der Waals surface area contributed by atoms with Crippen LogP contribution in [-0.4, -0.2) is 5.11 Å². The first-order valence-corrected chi connectivity index (χ1v) is 5.00. The third-order valence-electron chi connectivity index (χ3n) is 2.90. The van der Waals surface area contributed by atoms with Crippen LogP contribution < -0.4 is 5.73 Å². The van der Waals surface area contributed by atoms with Crippen LogP contribution >= 0.6 is 0 Å². The fourth-order valence-electron chi connectivity index (χ4n) is 1.31. The number of hydrogen-bond acceptors (Lipinski definition) is 2. The van der Waals surface area contributed by atoms with Crippen LogP contribution in [0, 0.1) is 5.92 Å². The average molecular weight is 193 g/mol. The molecule has 3 N–H and O–H groups in total. The van der Waals surface area contributed by atoms with Gasteiger partial charge in [0, 0.05) is 6.54 Å². The number of benzene rings is 1. The first-order chi connectivity index (χ1) is 6.48. The van der Waals surface area contributed by atoms with Crippen molar-refractivity contribution in [1.82, 2.24) is 0 Å². The standard InChI is InChI=1S/C12H19NO/c1-9(2)12(3,14)11-6-4-10(8-13)5-7-11/h4-7,9,14H,8,13H2,1-3H3. The summed E-state index contributed by atoms with van der Waals surface area (Å²) >= 11 is 0. The molecule has 0 heterocycles. The SMILES string of the molecule is CC(C)C(C)(O)c1ccc(CN)cc1. The fraction of sp³-hybridized carbons (Fsp3) is 0.500. The van der Waals surface area contributed by atoms with E-state index in [1.165, 1.54) is 0 Å². The minimum atomic E-state index is -0.757. The minimum Gasteiger partial charge on any atom is -0.385 e. The van der Waals surface area contributed by atoms with Crippen molar-refractivity contribution in [2.75, 3.05) is 0 Å². The largest absolute Gasteiger partial charge is 0.385 e. The molecule has 1 unspecified atom stereocenters. The molecule has 0 fully saturated rings. The van der Waals surface area contributed by atoms with Crippen molar-refractivity contribution in [1.29, 1.82) is 0 Å². The Kier molecular flexibility index (Phi) is 3.29. The Morgan fingerprint density at radius 1 is 1.29 bits per heavy atom. The van der Waals surface area contributed by atoms with Gasteiger partial charge in [-0.05, 0) is 24.0 Å². The van der Waals surface area contributed by atoms with Crippen LogP contribution in [0.4, 0.5) is 0 Å². The summed E-state index contributed by atoms with van der Waals surface area (Å²) in [4.78, 5) is 0. The van der Waals surface area contributed by atoms with Crippen molar-refractivity contribution >= 4 is 0 Å². The van der Waals surface area contributed by atoms with Gasteiger partial charge in [0.1, 0.15) is 0 Å². The van der Waals surface area contributed by atoms with Crippen molar-refractivity contribution in [3.63, 3.8) is 0 Å². The van der Waals surface area contributed by atoms with Gasteiger partial charge >= 0.3 is 0 Å². The smallest absolute Gasteiger partial charge is 0.0891 e. The van der Waals surface area contributed by atoms with Crippen LogP contribution in [0.15, 0.2) is 24.3 Å². The highest BCUT2D eigenvalue weighted by atomic mass is 16.3. The highest BCUT2D eigenvalue weighted by Crippen LogP contribution is 2.28. The van der Waals surface area contributed by atoms with E-state index >= 15 is 0 Å². The van der Waals surface area contributed by atoms with Gasteiger partial charge in [0.25, 0.3) is 0 Å². The fourth-order valence-corrected chi connectivity index (χ4v) is 1.31. The molecule has 0 aliphatic heterocycles. The van der Waals surface area contributed by atoms with Crippen LogP contribution in [0.5, 0.6) is 0 Å². The van der Waals surface area contributed by atoms with E-state index in [1.807, 2.05) is 45.0 Å². The van der Waals surface area contributed by atoms with Gasteiger partial charge in [0.2, 0.25) is 0 Å². The minimum absolute atomic E-state index is 0.200. The maximum Gasteiger partial charge on any atom is 0.0891 e. The summed E-state index contributed by atoms with van der Waals surface area (Å²) in [5.41, 5.74) is 6.79. The maximum atomic E-state index is 10.2. The van der Waals surface area contributed by atoms with Gasteiger partial charge in [-0.2, -0.15) is 0 Å². The van der Waals surface area contributed by atoms with E-state index in [1.54, 1.807) is 0 Å². The van der Waals surface area contributed by atoms with Gasteiger partial charge in [-0.3, -0.25) is 0 Å². The van der Waals surface area contributed by atoms with Crippen molar-refractivity contribution in [2.24, 2.45) is 11.7 Å². The predicted octanol–water partition coefficient (Wildman–Crippen LogP) is 2.01. The molecule has 0 aromatic heterocycles. The molecular formula is C12H19NO. The molecular weight excluding hydrogens is 174 g/mol. The molecule has 1 aromatic carbocycles. The summed E-state index contributed by atoms with van der Waals surface area (Å²) in [5, 5.41) is 10.2. The summed E-state index contributed by atoms with van der Waals surface area (Å²) in [5.74, 6) is 0.200. The lowest BCUT2D eigenvalue weighted by molar-refractivity contribution is 0.00904. The first-order valence-electron chi connectivity index (χ1n) is 5.00. The molecule has 0 amide bonds. The molecule has 0 bridgehead atoms. The van der Waals surface area contributed by atoms with Gasteiger partial charge in [-0.25, -0.2) is 0 Å². The van der Waals surface area contributed by atoms with Gasteiger partial charge in [-0.15, -0.1) is 0 Å². The number of aliphatic hydroxyl groups is 1. The van der Waals surface area contributed by atoms with Gasteiger partial charge in [0.15, 0.2) is 0 Å². The van der Waals surface area contributed by atoms with Crippen molar-refractivity contribution in [2.45, 2.75) is 32.9 Å². The first kappa shape index (κ1) is 11.2. The zero-order chi connectivity index (χ0) is 10.8. The third-order valence-corrected chi connectivity index (χ3v) is 2.90. The lowest BCUT2D eigenvalue weighted by Gasteiger charge is -2.28. The molecule has 1 atom stereocenters. The lowest BCUT2D eigenvalue weighted by Crippen LogP contribution is -2.27. The van der Waals surface area contributed by atoms with E-state index in [9.17, 15) is 5.11 Å². The molecule has 0 saturated carbocycles. The average Bonchev–Trinajstić information content (AvgIpc) is 2.17. The molecule has 78 valence electrons. The molecule has 2 heteroatoms. The second-order valence-electron chi connectivity index (χ2n) is 4.20. The highest BCUT2D eigenvalue weighted by molar-refractivity contribution is 5.27. The highest BCUT2D eigenvalue weighted by Gasteiger charge is 2.26. The van der Waals surface area contributed by atoms with E-state index in [-0.39, 0.29) is 5.92 Å². The second kappa shape index (κ2) is 4.11. The molecule has 0 radical (unpaired) electrons.